The standard InChI is InChI=1S/C19H20N4OS.ClH/c1-11-5-4-6-13-14(9-12(2)20-17(11)13)18(24)22-19-21-15-7-8-23(3)10-16(15)25-19;/h4-6,9H,7-8,10H2,1-3H3,(H,21,22,24);1H. The molecule has 136 valence electrons. The van der Waals surface area contributed by atoms with Crippen LogP contribution in [0.2, 0.25) is 0 Å². The molecule has 0 aliphatic carbocycles. The zero-order valence-corrected chi connectivity index (χ0v) is 16.6. The number of carbonyl (C=O) groups is 1. The van der Waals surface area contributed by atoms with Crippen molar-refractivity contribution >= 4 is 45.7 Å². The molecule has 0 radical (unpaired) electrons. The Morgan fingerprint density at radius 1 is 1.27 bits per heavy atom. The van der Waals surface area contributed by atoms with Crippen molar-refractivity contribution in [2.24, 2.45) is 0 Å². The zero-order valence-electron chi connectivity index (χ0n) is 15.0. The summed E-state index contributed by atoms with van der Waals surface area (Å²) in [4.78, 5) is 25.6. The summed E-state index contributed by atoms with van der Waals surface area (Å²) < 4.78 is 0. The Morgan fingerprint density at radius 2 is 2.08 bits per heavy atom. The van der Waals surface area contributed by atoms with Crippen LogP contribution in [0.25, 0.3) is 10.9 Å². The minimum absolute atomic E-state index is 0. The van der Waals surface area contributed by atoms with Gasteiger partial charge in [-0.05, 0) is 32.5 Å². The monoisotopic (exact) mass is 388 g/mol. The van der Waals surface area contributed by atoms with E-state index in [1.165, 1.54) is 4.88 Å². The van der Waals surface area contributed by atoms with Crippen LogP contribution < -0.4 is 5.32 Å². The zero-order chi connectivity index (χ0) is 17.6. The molecule has 7 heteroatoms. The van der Waals surface area contributed by atoms with Crippen molar-refractivity contribution in [1.82, 2.24) is 14.9 Å². The SMILES string of the molecule is Cc1cc(C(=O)Nc2nc3c(s2)CN(C)CC3)c2cccc(C)c2n1.Cl. The minimum atomic E-state index is -0.124. The molecule has 3 heterocycles. The van der Waals surface area contributed by atoms with Gasteiger partial charge in [-0.25, -0.2) is 4.98 Å². The van der Waals surface area contributed by atoms with Gasteiger partial charge in [0.25, 0.3) is 5.91 Å². The summed E-state index contributed by atoms with van der Waals surface area (Å²) >= 11 is 1.57. The third-order valence-corrected chi connectivity index (χ3v) is 5.55. The second-order valence-corrected chi connectivity index (χ2v) is 7.70. The van der Waals surface area contributed by atoms with Crippen molar-refractivity contribution in [3.8, 4) is 0 Å². The maximum Gasteiger partial charge on any atom is 0.258 e. The first-order valence-electron chi connectivity index (χ1n) is 8.36. The van der Waals surface area contributed by atoms with Gasteiger partial charge in [0.2, 0.25) is 0 Å². The first kappa shape index (κ1) is 18.8. The Bertz CT molecular complexity index is 985. The fourth-order valence-electron chi connectivity index (χ4n) is 3.25. The number of likely N-dealkylation sites (N-methyl/N-ethyl adjacent to an activating group) is 1. The molecular weight excluding hydrogens is 368 g/mol. The van der Waals surface area contributed by atoms with Gasteiger partial charge < -0.3 is 4.90 Å². The molecule has 1 aromatic carbocycles. The number of amides is 1. The van der Waals surface area contributed by atoms with Gasteiger partial charge >= 0.3 is 0 Å². The summed E-state index contributed by atoms with van der Waals surface area (Å²) in [7, 11) is 2.11. The van der Waals surface area contributed by atoms with Crippen LogP contribution in [0.3, 0.4) is 0 Å². The van der Waals surface area contributed by atoms with Crippen LogP contribution in [0.15, 0.2) is 24.3 Å². The van der Waals surface area contributed by atoms with E-state index in [0.717, 1.165) is 47.4 Å². The van der Waals surface area contributed by atoms with Gasteiger partial charge in [-0.15, -0.1) is 23.7 Å². The number of nitrogens with zero attached hydrogens (tertiary/aromatic N) is 3. The summed E-state index contributed by atoms with van der Waals surface area (Å²) in [6.45, 7) is 5.85. The van der Waals surface area contributed by atoms with E-state index in [9.17, 15) is 4.79 Å². The number of anilines is 1. The smallest absolute Gasteiger partial charge is 0.258 e. The second-order valence-electron chi connectivity index (χ2n) is 6.61. The molecule has 1 aliphatic heterocycles. The molecule has 0 saturated carbocycles. The molecule has 0 bridgehead atoms. The van der Waals surface area contributed by atoms with Crippen molar-refractivity contribution < 1.29 is 4.79 Å². The fraction of sp³-hybridized carbons (Fsp3) is 0.316. The van der Waals surface area contributed by atoms with E-state index in [0.29, 0.717) is 10.7 Å². The topological polar surface area (TPSA) is 58.1 Å². The van der Waals surface area contributed by atoms with Crippen LogP contribution in [0.1, 0.15) is 32.2 Å². The first-order chi connectivity index (χ1) is 12.0. The lowest BCUT2D eigenvalue weighted by atomic mass is 10.0. The highest BCUT2D eigenvalue weighted by Crippen LogP contribution is 2.29. The Labute approximate surface area is 162 Å². The lowest BCUT2D eigenvalue weighted by Crippen LogP contribution is -2.25. The quantitative estimate of drug-likeness (QED) is 0.721. The van der Waals surface area contributed by atoms with Gasteiger partial charge in [-0.1, -0.05) is 18.2 Å². The third kappa shape index (κ3) is 3.45. The average Bonchev–Trinajstić information content (AvgIpc) is 2.96. The van der Waals surface area contributed by atoms with Crippen molar-refractivity contribution in [3.05, 3.63) is 51.7 Å². The van der Waals surface area contributed by atoms with Crippen LogP contribution >= 0.6 is 23.7 Å². The summed E-state index contributed by atoms with van der Waals surface area (Å²) in [5, 5.41) is 4.55. The number of nitrogens with one attached hydrogen (secondary N) is 1. The van der Waals surface area contributed by atoms with E-state index in [-0.39, 0.29) is 18.3 Å². The van der Waals surface area contributed by atoms with Gasteiger partial charge in [-0.2, -0.15) is 0 Å². The number of thiazole rings is 1. The Morgan fingerprint density at radius 3 is 2.88 bits per heavy atom. The number of fused-ring (bicyclic) bond motifs is 2. The van der Waals surface area contributed by atoms with Crippen molar-refractivity contribution in [3.63, 3.8) is 0 Å². The van der Waals surface area contributed by atoms with Crippen LogP contribution in [0.4, 0.5) is 5.13 Å². The molecule has 1 amide bonds. The number of halogens is 1. The number of hydrogen-bond donors (Lipinski definition) is 1. The molecule has 2 aromatic heterocycles. The number of rotatable bonds is 2. The van der Waals surface area contributed by atoms with Crippen LogP contribution in [-0.2, 0) is 13.0 Å². The Kier molecular flexibility index (Phi) is 5.27. The van der Waals surface area contributed by atoms with Crippen molar-refractivity contribution in [1.29, 1.82) is 0 Å². The lowest BCUT2D eigenvalue weighted by Gasteiger charge is -2.20. The number of carbonyl (C=O) groups excluding carboxylic acids is 1. The van der Waals surface area contributed by atoms with Crippen LogP contribution in [0.5, 0.6) is 0 Å². The number of para-hydroxylation sites is 1. The molecule has 26 heavy (non-hydrogen) atoms. The first-order valence-corrected chi connectivity index (χ1v) is 9.18. The molecule has 5 nitrogen and oxygen atoms in total. The lowest BCUT2D eigenvalue weighted by molar-refractivity contribution is 0.102. The predicted molar refractivity (Wildman–Crippen MR) is 109 cm³/mol. The maximum atomic E-state index is 12.9. The number of pyridine rings is 1. The molecule has 0 saturated heterocycles. The van der Waals surface area contributed by atoms with Gasteiger partial charge in [0.05, 0.1) is 16.8 Å². The number of benzene rings is 1. The highest BCUT2D eigenvalue weighted by Gasteiger charge is 2.20. The largest absolute Gasteiger partial charge is 0.301 e. The van der Waals surface area contributed by atoms with E-state index in [1.807, 2.05) is 38.1 Å². The number of hydrogen-bond acceptors (Lipinski definition) is 5. The second kappa shape index (κ2) is 7.31. The normalized spacial score (nSPS) is 14.0. The summed E-state index contributed by atoms with van der Waals surface area (Å²) in [5.74, 6) is -0.124. The Balaban J connectivity index is 0.00000196. The fourth-order valence-corrected chi connectivity index (χ4v) is 4.33. The molecule has 3 aromatic rings. The molecule has 0 fully saturated rings. The minimum Gasteiger partial charge on any atom is -0.301 e. The Hall–Kier alpha value is -2.02. The highest BCUT2D eigenvalue weighted by atomic mass is 35.5. The molecule has 0 unspecified atom stereocenters. The van der Waals surface area contributed by atoms with Crippen LogP contribution in [0, 0.1) is 13.8 Å². The van der Waals surface area contributed by atoms with Crippen molar-refractivity contribution in [2.75, 3.05) is 18.9 Å². The van der Waals surface area contributed by atoms with Gasteiger partial charge in [0.15, 0.2) is 5.13 Å². The third-order valence-electron chi connectivity index (χ3n) is 4.56. The average molecular weight is 389 g/mol. The molecule has 1 aliphatic rings. The molecule has 0 spiro atoms. The summed E-state index contributed by atoms with van der Waals surface area (Å²) in [6.07, 6.45) is 0.939. The van der Waals surface area contributed by atoms with Gasteiger partial charge in [0.1, 0.15) is 0 Å². The molecule has 4 rings (SSSR count). The highest BCUT2D eigenvalue weighted by molar-refractivity contribution is 7.15. The van der Waals surface area contributed by atoms with E-state index in [1.54, 1.807) is 11.3 Å². The number of aromatic nitrogens is 2. The predicted octanol–water partition coefficient (Wildman–Crippen LogP) is 3.97. The van der Waals surface area contributed by atoms with Gasteiger partial charge in [-0.3, -0.25) is 15.1 Å². The van der Waals surface area contributed by atoms with E-state index in [2.05, 4.69) is 27.2 Å². The molecule has 1 N–H and O–H groups in total. The van der Waals surface area contributed by atoms with Crippen molar-refractivity contribution in [2.45, 2.75) is 26.8 Å². The molecular formula is C19H21ClN4OS. The summed E-state index contributed by atoms with van der Waals surface area (Å²) in [6, 6.07) is 7.77. The van der Waals surface area contributed by atoms with E-state index < -0.39 is 0 Å². The number of aryl methyl sites for hydroxylation is 2. The van der Waals surface area contributed by atoms with E-state index in [4.69, 9.17) is 0 Å². The van der Waals surface area contributed by atoms with Gasteiger partial charge in [0, 0.05) is 35.5 Å². The molecule has 0 atom stereocenters. The summed E-state index contributed by atoms with van der Waals surface area (Å²) in [5.41, 5.74) is 4.56. The maximum absolute atomic E-state index is 12.9. The van der Waals surface area contributed by atoms with Crippen LogP contribution in [-0.4, -0.2) is 34.4 Å². The van der Waals surface area contributed by atoms with E-state index >= 15 is 0 Å².